The van der Waals surface area contributed by atoms with Gasteiger partial charge in [-0.05, 0) is 24.3 Å². The van der Waals surface area contributed by atoms with Crippen LogP contribution in [0.2, 0.25) is 0 Å². The van der Waals surface area contributed by atoms with E-state index < -0.39 is 16.7 Å². The van der Waals surface area contributed by atoms with Crippen LogP contribution in [0.1, 0.15) is 0 Å². The highest BCUT2D eigenvalue weighted by Crippen LogP contribution is 2.30. The summed E-state index contributed by atoms with van der Waals surface area (Å²) in [5.41, 5.74) is 7.39. The van der Waals surface area contributed by atoms with Crippen LogP contribution in [0, 0.1) is 0 Å². The van der Waals surface area contributed by atoms with Crippen molar-refractivity contribution in [3.8, 4) is 17.0 Å². The number of nitrogens with zero attached hydrogens (tertiary/aromatic N) is 3. The van der Waals surface area contributed by atoms with Gasteiger partial charge in [-0.25, -0.2) is 9.50 Å². The maximum Gasteiger partial charge on any atom is 0.255 e. The minimum absolute atomic E-state index is 0.209. The standard InChI is InChI=1S/C15H14N4O3S/c1-23(21)15-17-8-10-6-7-12(19(10)18-15)11-4-2-3-5-13(11)22-9-14(16)20/h2-8H,9H2,1H3,(H2,16,20). The molecule has 0 saturated heterocycles. The summed E-state index contributed by atoms with van der Waals surface area (Å²) in [6.07, 6.45) is 3.13. The molecule has 0 radical (unpaired) electrons. The van der Waals surface area contributed by atoms with Gasteiger partial charge in [0.2, 0.25) is 5.16 Å². The number of primary amides is 1. The van der Waals surface area contributed by atoms with Gasteiger partial charge in [-0.15, -0.1) is 5.10 Å². The summed E-state index contributed by atoms with van der Waals surface area (Å²) in [5.74, 6) is -0.0325. The van der Waals surface area contributed by atoms with E-state index in [4.69, 9.17) is 10.5 Å². The Labute approximate surface area is 134 Å². The minimum Gasteiger partial charge on any atom is -0.483 e. The van der Waals surface area contributed by atoms with Crippen molar-refractivity contribution in [2.45, 2.75) is 5.16 Å². The van der Waals surface area contributed by atoms with Crippen molar-refractivity contribution >= 4 is 22.2 Å². The van der Waals surface area contributed by atoms with Crippen LogP contribution in [0.4, 0.5) is 0 Å². The second-order valence-corrected chi connectivity index (χ2v) is 6.07. The lowest BCUT2D eigenvalue weighted by Crippen LogP contribution is -2.20. The Morgan fingerprint density at radius 1 is 1.30 bits per heavy atom. The fourth-order valence-electron chi connectivity index (χ4n) is 2.18. The van der Waals surface area contributed by atoms with Gasteiger partial charge in [0.1, 0.15) is 5.75 Å². The zero-order valence-corrected chi connectivity index (χ0v) is 13.1. The molecule has 1 atom stereocenters. The summed E-state index contributed by atoms with van der Waals surface area (Å²) in [5, 5.41) is 4.55. The highest BCUT2D eigenvalue weighted by atomic mass is 32.2. The Hall–Kier alpha value is -2.74. The predicted octanol–water partition coefficient (Wildman–Crippen LogP) is 0.998. The van der Waals surface area contributed by atoms with E-state index in [1.165, 1.54) is 6.26 Å². The molecule has 3 rings (SSSR count). The molecule has 0 aliphatic rings. The van der Waals surface area contributed by atoms with Gasteiger partial charge >= 0.3 is 0 Å². The Morgan fingerprint density at radius 2 is 2.09 bits per heavy atom. The molecule has 1 aromatic carbocycles. The molecular formula is C15H14N4O3S. The number of aromatic nitrogens is 3. The normalized spacial score (nSPS) is 12.2. The molecule has 118 valence electrons. The van der Waals surface area contributed by atoms with Gasteiger partial charge < -0.3 is 10.5 Å². The van der Waals surface area contributed by atoms with Crippen molar-refractivity contribution < 1.29 is 13.7 Å². The topological polar surface area (TPSA) is 99.6 Å². The second-order valence-electron chi connectivity index (χ2n) is 4.80. The van der Waals surface area contributed by atoms with E-state index in [9.17, 15) is 9.00 Å². The number of nitrogens with two attached hydrogens (primary N) is 1. The molecule has 0 saturated carbocycles. The molecule has 1 unspecified atom stereocenters. The fourth-order valence-corrected chi connectivity index (χ4v) is 2.57. The van der Waals surface area contributed by atoms with Crippen LogP contribution in [0.15, 0.2) is 47.8 Å². The van der Waals surface area contributed by atoms with Crippen molar-refractivity contribution in [3.05, 3.63) is 42.6 Å². The zero-order chi connectivity index (χ0) is 16.4. The van der Waals surface area contributed by atoms with E-state index in [1.807, 2.05) is 24.3 Å². The lowest BCUT2D eigenvalue weighted by molar-refractivity contribution is -0.119. The summed E-state index contributed by atoms with van der Waals surface area (Å²) < 4.78 is 18.7. The molecule has 2 N–H and O–H groups in total. The van der Waals surface area contributed by atoms with Gasteiger partial charge in [-0.1, -0.05) is 12.1 Å². The Bertz CT molecular complexity index is 907. The molecule has 0 fully saturated rings. The first-order valence-electron chi connectivity index (χ1n) is 6.75. The largest absolute Gasteiger partial charge is 0.483 e. The Morgan fingerprint density at radius 3 is 2.83 bits per heavy atom. The SMILES string of the molecule is CS(=O)c1ncc2ccc(-c3ccccc3OCC(N)=O)n2n1. The van der Waals surface area contributed by atoms with Crippen molar-refractivity contribution in [1.82, 2.24) is 14.6 Å². The number of rotatable bonds is 5. The Kier molecular flexibility index (Phi) is 4.07. The molecule has 7 nitrogen and oxygen atoms in total. The van der Waals surface area contributed by atoms with Gasteiger partial charge in [0.25, 0.3) is 5.91 Å². The number of fused-ring (bicyclic) bond motifs is 1. The summed E-state index contributed by atoms with van der Waals surface area (Å²) in [6, 6.07) is 11.0. The number of carbonyl (C=O) groups is 1. The van der Waals surface area contributed by atoms with Crippen LogP contribution in [-0.4, -0.2) is 37.6 Å². The van der Waals surface area contributed by atoms with Gasteiger partial charge in [-0.3, -0.25) is 9.00 Å². The predicted molar refractivity (Wildman–Crippen MR) is 85.4 cm³/mol. The molecule has 0 aliphatic carbocycles. The zero-order valence-electron chi connectivity index (χ0n) is 12.3. The monoisotopic (exact) mass is 330 g/mol. The number of para-hydroxylation sites is 1. The third kappa shape index (κ3) is 3.07. The molecule has 1 amide bonds. The number of hydrogen-bond donors (Lipinski definition) is 1. The summed E-state index contributed by atoms with van der Waals surface area (Å²) >= 11 is 0. The summed E-state index contributed by atoms with van der Waals surface area (Å²) in [4.78, 5) is 15.0. The van der Waals surface area contributed by atoms with Crippen LogP contribution < -0.4 is 10.5 Å². The second kappa shape index (κ2) is 6.17. The molecule has 0 spiro atoms. The number of ether oxygens (including phenoxy) is 1. The third-order valence-electron chi connectivity index (χ3n) is 3.17. The maximum atomic E-state index is 11.6. The average Bonchev–Trinajstić information content (AvgIpc) is 2.96. The van der Waals surface area contributed by atoms with E-state index in [0.717, 1.165) is 16.8 Å². The molecule has 2 aromatic heterocycles. The third-order valence-corrected chi connectivity index (χ3v) is 3.87. The Balaban J connectivity index is 2.11. The van der Waals surface area contributed by atoms with Gasteiger partial charge in [0, 0.05) is 11.8 Å². The molecule has 23 heavy (non-hydrogen) atoms. The van der Waals surface area contributed by atoms with Crippen molar-refractivity contribution in [2.24, 2.45) is 5.73 Å². The molecule has 2 heterocycles. The molecule has 3 aromatic rings. The summed E-state index contributed by atoms with van der Waals surface area (Å²) in [7, 11) is -1.28. The smallest absolute Gasteiger partial charge is 0.255 e. The van der Waals surface area contributed by atoms with E-state index in [1.54, 1.807) is 22.8 Å². The minimum atomic E-state index is -1.28. The number of benzene rings is 1. The highest BCUT2D eigenvalue weighted by molar-refractivity contribution is 7.84. The van der Waals surface area contributed by atoms with Crippen molar-refractivity contribution in [2.75, 3.05) is 12.9 Å². The van der Waals surface area contributed by atoms with E-state index >= 15 is 0 Å². The average molecular weight is 330 g/mol. The van der Waals surface area contributed by atoms with E-state index in [2.05, 4.69) is 10.1 Å². The molecular weight excluding hydrogens is 316 g/mol. The van der Waals surface area contributed by atoms with Crippen LogP contribution >= 0.6 is 0 Å². The first-order chi connectivity index (χ1) is 11.1. The van der Waals surface area contributed by atoms with Crippen LogP contribution in [0.5, 0.6) is 5.75 Å². The fraction of sp³-hybridized carbons (Fsp3) is 0.133. The highest BCUT2D eigenvalue weighted by Gasteiger charge is 2.13. The number of amides is 1. The van der Waals surface area contributed by atoms with Crippen molar-refractivity contribution in [1.29, 1.82) is 0 Å². The molecule has 0 bridgehead atoms. The number of carbonyl (C=O) groups excluding carboxylic acids is 1. The van der Waals surface area contributed by atoms with E-state index in [-0.39, 0.29) is 11.8 Å². The van der Waals surface area contributed by atoms with Gasteiger partial charge in [0.15, 0.2) is 6.61 Å². The quantitative estimate of drug-likeness (QED) is 0.752. The van der Waals surface area contributed by atoms with Crippen LogP contribution in [-0.2, 0) is 15.6 Å². The first kappa shape index (κ1) is 15.2. The lowest BCUT2D eigenvalue weighted by atomic mass is 10.1. The van der Waals surface area contributed by atoms with Crippen molar-refractivity contribution in [3.63, 3.8) is 0 Å². The summed E-state index contributed by atoms with van der Waals surface area (Å²) in [6.45, 7) is -0.209. The molecule has 0 aliphatic heterocycles. The maximum absolute atomic E-state index is 11.6. The van der Waals surface area contributed by atoms with Gasteiger partial charge in [0.05, 0.1) is 28.2 Å². The van der Waals surface area contributed by atoms with E-state index in [0.29, 0.717) is 5.75 Å². The van der Waals surface area contributed by atoms with Gasteiger partial charge in [-0.2, -0.15) is 0 Å². The lowest BCUT2D eigenvalue weighted by Gasteiger charge is -2.10. The number of hydrogen-bond acceptors (Lipinski definition) is 5. The van der Waals surface area contributed by atoms with Crippen LogP contribution in [0.3, 0.4) is 0 Å². The van der Waals surface area contributed by atoms with Crippen LogP contribution in [0.25, 0.3) is 16.8 Å². The molecule has 8 heteroatoms. The first-order valence-corrected chi connectivity index (χ1v) is 8.31.